The third-order valence-electron chi connectivity index (χ3n) is 6.48. The molecule has 0 atom stereocenters. The molecule has 1 N–H and O–H groups in total. The Kier molecular flexibility index (Phi) is 5.73. The maximum Gasteiger partial charge on any atom is 0.345 e. The first-order valence-corrected chi connectivity index (χ1v) is 12.5. The second-order valence-corrected chi connectivity index (χ2v) is 9.94. The van der Waals surface area contributed by atoms with E-state index < -0.39 is 16.2 Å². The summed E-state index contributed by atoms with van der Waals surface area (Å²) < 4.78 is 36.8. The van der Waals surface area contributed by atoms with E-state index in [4.69, 9.17) is 4.74 Å². The zero-order valence-corrected chi connectivity index (χ0v) is 18.6. The smallest absolute Gasteiger partial charge is 0.345 e. The number of anilines is 2. The fourth-order valence-corrected chi connectivity index (χ4v) is 6.39. The largest absolute Gasteiger partial charge is 0.845 e. The van der Waals surface area contributed by atoms with Gasteiger partial charge in [0.25, 0.3) is 0 Å². The molecule has 3 aliphatic rings. The van der Waals surface area contributed by atoms with Crippen molar-refractivity contribution in [2.45, 2.75) is 57.4 Å². The quantitative estimate of drug-likeness (QED) is 0.535. The van der Waals surface area contributed by atoms with Crippen molar-refractivity contribution in [3.8, 4) is 0 Å². The van der Waals surface area contributed by atoms with Crippen LogP contribution in [0.15, 0.2) is 29.2 Å². The Hall–Kier alpha value is -2.72. The van der Waals surface area contributed by atoms with Gasteiger partial charge in [0.1, 0.15) is 6.33 Å². The molecular formula is C22H26N5O4S-. The zero-order chi connectivity index (χ0) is 22.1. The number of hydrogen-bond donors (Lipinski definition) is 1. The molecule has 0 radical (unpaired) electrons. The minimum absolute atomic E-state index is 0.289. The highest BCUT2D eigenvalue weighted by Crippen LogP contribution is 2.38. The summed E-state index contributed by atoms with van der Waals surface area (Å²) in [6, 6.07) is 1.02. The lowest BCUT2D eigenvalue weighted by molar-refractivity contribution is -0.213. The van der Waals surface area contributed by atoms with Crippen molar-refractivity contribution in [1.29, 1.82) is 0 Å². The van der Waals surface area contributed by atoms with Crippen LogP contribution in [-0.4, -0.2) is 43.7 Å². The summed E-state index contributed by atoms with van der Waals surface area (Å²) in [6.07, 6.45) is 11.0. The summed E-state index contributed by atoms with van der Waals surface area (Å²) in [6.45, 7) is 0.887. The molecule has 1 saturated heterocycles. The lowest BCUT2D eigenvalue weighted by Crippen LogP contribution is -2.44. The summed E-state index contributed by atoms with van der Waals surface area (Å²) in [5.41, 5.74) is 5.84. The average Bonchev–Trinajstić information content (AvgIpc) is 3.44. The van der Waals surface area contributed by atoms with Gasteiger partial charge in [-0.1, -0.05) is 6.07 Å². The third kappa shape index (κ3) is 4.04. The molecule has 0 saturated carbocycles. The summed E-state index contributed by atoms with van der Waals surface area (Å²) in [4.78, 5) is 7.90. The fraction of sp³-hybridized carbons (Fsp3) is 0.500. The van der Waals surface area contributed by atoms with Gasteiger partial charge in [-0.2, -0.15) is 8.42 Å². The van der Waals surface area contributed by atoms with Crippen LogP contribution in [-0.2, 0) is 40.6 Å². The molecule has 0 amide bonds. The molecule has 1 aliphatic heterocycles. The lowest BCUT2D eigenvalue weighted by atomic mass is 9.99. The molecule has 10 heteroatoms. The minimum Gasteiger partial charge on any atom is -0.845 e. The topological polar surface area (TPSA) is 120 Å². The molecule has 32 heavy (non-hydrogen) atoms. The number of aryl methyl sites for hydroxylation is 2. The average molecular weight is 457 g/mol. The van der Waals surface area contributed by atoms with Gasteiger partial charge >= 0.3 is 10.2 Å². The zero-order valence-electron chi connectivity index (χ0n) is 17.8. The van der Waals surface area contributed by atoms with E-state index >= 15 is 0 Å². The number of aromatic nitrogens is 2. The number of nitrogens with zero attached hydrogens (tertiary/aromatic N) is 4. The predicted octanol–water partition coefficient (Wildman–Crippen LogP) is 1.51. The first-order valence-electron chi connectivity index (χ1n) is 11.1. The normalized spacial score (nSPS) is 18.9. The van der Waals surface area contributed by atoms with Gasteiger partial charge in [-0.15, -0.1) is 4.40 Å². The summed E-state index contributed by atoms with van der Waals surface area (Å²) in [5.74, 6) is 0. The number of ether oxygens (including phenoxy) is 1. The van der Waals surface area contributed by atoms with Crippen LogP contribution >= 0.6 is 0 Å². The van der Waals surface area contributed by atoms with Crippen LogP contribution < -0.4 is 14.7 Å². The van der Waals surface area contributed by atoms with E-state index in [0.29, 0.717) is 26.1 Å². The molecule has 0 unspecified atom stereocenters. The van der Waals surface area contributed by atoms with E-state index in [1.54, 1.807) is 0 Å². The summed E-state index contributed by atoms with van der Waals surface area (Å²) in [5, 5.41) is 15.7. The van der Waals surface area contributed by atoms with Gasteiger partial charge in [-0.05, 0) is 73.6 Å². The van der Waals surface area contributed by atoms with Gasteiger partial charge in [0, 0.05) is 18.9 Å². The molecule has 2 aliphatic carbocycles. The molecule has 1 fully saturated rings. The first-order chi connectivity index (χ1) is 15.5. The molecule has 0 spiro atoms. The Morgan fingerprint density at radius 3 is 2.31 bits per heavy atom. The van der Waals surface area contributed by atoms with Crippen molar-refractivity contribution >= 4 is 27.6 Å². The van der Waals surface area contributed by atoms with Crippen LogP contribution in [0.1, 0.15) is 47.9 Å². The van der Waals surface area contributed by atoms with Crippen LogP contribution in [0.2, 0.25) is 0 Å². The second-order valence-electron chi connectivity index (χ2n) is 8.47. The van der Waals surface area contributed by atoms with Gasteiger partial charge in [-0.3, -0.25) is 0 Å². The van der Waals surface area contributed by atoms with Crippen molar-refractivity contribution in [2.24, 2.45) is 4.40 Å². The van der Waals surface area contributed by atoms with Gasteiger partial charge in [0.2, 0.25) is 0 Å². The molecule has 1 aromatic heterocycles. The van der Waals surface area contributed by atoms with Gasteiger partial charge in [-0.25, -0.2) is 14.3 Å². The van der Waals surface area contributed by atoms with E-state index in [2.05, 4.69) is 25.7 Å². The van der Waals surface area contributed by atoms with Crippen molar-refractivity contribution in [2.75, 3.05) is 22.8 Å². The molecule has 1 aromatic carbocycles. The Morgan fingerprint density at radius 2 is 1.69 bits per heavy atom. The highest BCUT2D eigenvalue weighted by molar-refractivity contribution is 7.91. The van der Waals surface area contributed by atoms with Crippen LogP contribution in [0.3, 0.4) is 0 Å². The van der Waals surface area contributed by atoms with Gasteiger partial charge < -0.3 is 15.2 Å². The molecule has 2 aromatic rings. The number of rotatable bonds is 5. The molecule has 5 rings (SSSR count). The van der Waals surface area contributed by atoms with E-state index in [-0.39, 0.29) is 11.7 Å². The Bertz CT molecular complexity index is 1100. The molecule has 9 nitrogen and oxygen atoms in total. The second kappa shape index (κ2) is 8.67. The van der Waals surface area contributed by atoms with Crippen LogP contribution in [0.5, 0.6) is 0 Å². The summed E-state index contributed by atoms with van der Waals surface area (Å²) >= 11 is 0. The van der Waals surface area contributed by atoms with Crippen molar-refractivity contribution < 1.29 is 18.3 Å². The molecule has 0 bridgehead atoms. The fourth-order valence-electron chi connectivity index (χ4n) is 5.10. The Balaban J connectivity index is 1.48. The number of fused-ring (bicyclic) bond motifs is 2. The van der Waals surface area contributed by atoms with E-state index in [9.17, 15) is 13.5 Å². The maximum atomic E-state index is 13.3. The van der Waals surface area contributed by atoms with E-state index in [1.807, 2.05) is 0 Å². The van der Waals surface area contributed by atoms with Gasteiger partial charge in [0.15, 0.2) is 0 Å². The Morgan fingerprint density at radius 1 is 1.06 bits per heavy atom. The molecule has 170 valence electrons. The highest BCUT2D eigenvalue weighted by Gasteiger charge is 2.32. The van der Waals surface area contributed by atoms with Crippen molar-refractivity contribution in [3.05, 3.63) is 47.0 Å². The predicted molar refractivity (Wildman–Crippen MR) is 119 cm³/mol. The standard InChI is InChI=1S/C22H27N5O4S/c28-22(25-21-19-5-1-3-15(19)11-16-4-2-6-20(16)21)26-32(29,30)27(17-7-9-31-10-8-17)18-12-23-14-24-13-18/h11-14,17H,1-10H2,(H2,25,26,28)/p-1. The number of nitrogens with one attached hydrogen (secondary N) is 1. The number of hydrogen-bond acceptors (Lipinski definition) is 6. The lowest BCUT2D eigenvalue weighted by Gasteiger charge is -2.33. The van der Waals surface area contributed by atoms with Crippen LogP contribution in [0, 0.1) is 0 Å². The minimum atomic E-state index is -4.31. The highest BCUT2D eigenvalue weighted by atomic mass is 32.2. The number of benzene rings is 1. The van der Waals surface area contributed by atoms with Crippen molar-refractivity contribution in [3.63, 3.8) is 0 Å². The van der Waals surface area contributed by atoms with E-state index in [1.165, 1.54) is 29.8 Å². The van der Waals surface area contributed by atoms with Crippen LogP contribution in [0.25, 0.3) is 0 Å². The molecule has 2 heterocycles. The number of amidine groups is 1. The van der Waals surface area contributed by atoms with Gasteiger partial charge in [0.05, 0.1) is 30.1 Å². The SMILES string of the molecule is O=S(=O)(/N=C(\[O-])Nc1c2c(cc3c1CCC3)CCC2)N(c1cncnc1)C1CCOCC1. The maximum absolute atomic E-state index is 13.3. The van der Waals surface area contributed by atoms with Crippen LogP contribution in [0.4, 0.5) is 11.4 Å². The monoisotopic (exact) mass is 456 g/mol. The van der Waals surface area contributed by atoms with Crippen molar-refractivity contribution in [1.82, 2.24) is 9.97 Å². The third-order valence-corrected chi connectivity index (χ3v) is 7.88. The molecular weight excluding hydrogens is 430 g/mol. The summed E-state index contributed by atoms with van der Waals surface area (Å²) in [7, 11) is -4.31. The van der Waals surface area contributed by atoms with E-state index in [0.717, 1.165) is 59.6 Å². The Labute approximate surface area is 187 Å². The first kappa shape index (κ1) is 21.1.